The summed E-state index contributed by atoms with van der Waals surface area (Å²) >= 11 is 0. The Bertz CT molecular complexity index is 524. The van der Waals surface area contributed by atoms with E-state index >= 15 is 0 Å². The first-order chi connectivity index (χ1) is 12.1. The van der Waals surface area contributed by atoms with E-state index in [0.717, 1.165) is 49.8 Å². The Labute approximate surface area is 148 Å². The van der Waals surface area contributed by atoms with Crippen LogP contribution in [0.25, 0.3) is 0 Å². The van der Waals surface area contributed by atoms with Crippen molar-refractivity contribution < 1.29 is 23.0 Å². The quantitative estimate of drug-likeness (QED) is 0.602. The summed E-state index contributed by atoms with van der Waals surface area (Å²) in [5.74, 6) is -1.96. The molecule has 0 amide bonds. The highest BCUT2D eigenvalue weighted by Gasteiger charge is 2.42. The fraction of sp³-hybridized carbons (Fsp3) is 0.650. The molecule has 140 valence electrons. The molecule has 0 bridgehead atoms. The average molecular weight is 354 g/mol. The molecule has 1 saturated carbocycles. The van der Waals surface area contributed by atoms with Crippen molar-refractivity contribution in [2.24, 2.45) is 11.8 Å². The molecule has 0 aliphatic heterocycles. The van der Waals surface area contributed by atoms with Gasteiger partial charge in [0.25, 0.3) is 6.43 Å². The highest BCUT2D eigenvalue weighted by molar-refractivity contribution is 5.74. The first-order valence-electron chi connectivity index (χ1n) is 9.17. The summed E-state index contributed by atoms with van der Waals surface area (Å²) in [5.41, 5.74) is 0.770. The fourth-order valence-electron chi connectivity index (χ4n) is 3.81. The van der Waals surface area contributed by atoms with Crippen LogP contribution in [0.1, 0.15) is 56.9 Å². The van der Waals surface area contributed by atoms with Crippen LogP contribution in [0.4, 0.5) is 8.78 Å². The molecule has 1 aromatic rings. The van der Waals surface area contributed by atoms with Crippen molar-refractivity contribution in [2.45, 2.75) is 57.8 Å². The van der Waals surface area contributed by atoms with Gasteiger partial charge in [0.15, 0.2) is 0 Å². The van der Waals surface area contributed by atoms with Gasteiger partial charge in [0.05, 0.1) is 13.7 Å². The molecule has 0 aromatic heterocycles. The number of benzene rings is 1. The van der Waals surface area contributed by atoms with E-state index in [1.807, 2.05) is 19.1 Å². The van der Waals surface area contributed by atoms with Gasteiger partial charge in [-0.15, -0.1) is 0 Å². The number of carbonyl (C=O) groups is 1. The zero-order valence-corrected chi connectivity index (χ0v) is 15.0. The third kappa shape index (κ3) is 5.16. The highest BCUT2D eigenvalue weighted by Crippen LogP contribution is 2.43. The number of carbonyl (C=O) groups excluding carboxylic acids is 1. The number of halogens is 2. The van der Waals surface area contributed by atoms with E-state index < -0.39 is 24.2 Å². The van der Waals surface area contributed by atoms with Crippen molar-refractivity contribution in [2.75, 3.05) is 13.7 Å². The number of esters is 1. The molecule has 0 radical (unpaired) electrons. The number of alkyl halides is 2. The van der Waals surface area contributed by atoms with Crippen molar-refractivity contribution in [3.8, 4) is 5.75 Å². The van der Waals surface area contributed by atoms with Gasteiger partial charge in [-0.3, -0.25) is 4.79 Å². The Hall–Kier alpha value is -1.65. The fourth-order valence-corrected chi connectivity index (χ4v) is 3.81. The molecule has 2 atom stereocenters. The Morgan fingerprint density at radius 1 is 1.16 bits per heavy atom. The SMILES string of the molecule is CCCOc1ccc(C(C2CCCCC2)C(C(=O)OC)C(F)F)cc1. The maximum absolute atomic E-state index is 13.7. The normalized spacial score (nSPS) is 18.0. The number of ether oxygens (including phenoxy) is 2. The molecule has 0 N–H and O–H groups in total. The Morgan fingerprint density at radius 3 is 2.32 bits per heavy atom. The average Bonchev–Trinajstić information content (AvgIpc) is 2.64. The Balaban J connectivity index is 2.31. The molecule has 2 rings (SSSR count). The second-order valence-electron chi connectivity index (χ2n) is 6.72. The number of hydrogen-bond acceptors (Lipinski definition) is 3. The van der Waals surface area contributed by atoms with Crippen LogP contribution in [0.15, 0.2) is 24.3 Å². The zero-order valence-electron chi connectivity index (χ0n) is 15.0. The molecule has 1 aromatic carbocycles. The smallest absolute Gasteiger partial charge is 0.315 e. The molecule has 2 unspecified atom stereocenters. The van der Waals surface area contributed by atoms with E-state index in [-0.39, 0.29) is 5.92 Å². The molecule has 0 heterocycles. The van der Waals surface area contributed by atoms with Crippen LogP contribution >= 0.6 is 0 Å². The molecule has 3 nitrogen and oxygen atoms in total. The summed E-state index contributed by atoms with van der Waals surface area (Å²) in [5, 5.41) is 0. The summed E-state index contributed by atoms with van der Waals surface area (Å²) in [7, 11) is 1.18. The first-order valence-corrected chi connectivity index (χ1v) is 9.17. The summed E-state index contributed by atoms with van der Waals surface area (Å²) in [6.07, 6.45) is 3.09. The van der Waals surface area contributed by atoms with Crippen molar-refractivity contribution in [3.05, 3.63) is 29.8 Å². The summed E-state index contributed by atoms with van der Waals surface area (Å²) in [6, 6.07) is 7.26. The van der Waals surface area contributed by atoms with Gasteiger partial charge in [0, 0.05) is 5.92 Å². The minimum Gasteiger partial charge on any atom is -0.494 e. The van der Waals surface area contributed by atoms with Crippen molar-refractivity contribution in [3.63, 3.8) is 0 Å². The Kier molecular flexibility index (Phi) is 7.66. The van der Waals surface area contributed by atoms with Gasteiger partial charge in [-0.05, 0) is 42.9 Å². The highest BCUT2D eigenvalue weighted by atomic mass is 19.3. The predicted octanol–water partition coefficient (Wildman–Crippen LogP) is 5.19. The lowest BCUT2D eigenvalue weighted by Crippen LogP contribution is -2.35. The minimum absolute atomic E-state index is 0.0780. The van der Waals surface area contributed by atoms with E-state index in [4.69, 9.17) is 9.47 Å². The van der Waals surface area contributed by atoms with Crippen LogP contribution in [0, 0.1) is 11.8 Å². The first kappa shape index (κ1) is 19.7. The third-order valence-electron chi connectivity index (χ3n) is 5.03. The molecule has 0 saturated heterocycles. The maximum atomic E-state index is 13.7. The Morgan fingerprint density at radius 2 is 1.80 bits per heavy atom. The lowest BCUT2D eigenvalue weighted by Gasteiger charge is -2.34. The minimum atomic E-state index is -2.74. The van der Waals surface area contributed by atoms with E-state index in [0.29, 0.717) is 6.61 Å². The number of rotatable bonds is 8. The predicted molar refractivity (Wildman–Crippen MR) is 93.1 cm³/mol. The number of hydrogen-bond donors (Lipinski definition) is 0. The van der Waals surface area contributed by atoms with E-state index in [1.54, 1.807) is 12.1 Å². The van der Waals surface area contributed by atoms with Crippen molar-refractivity contribution in [1.29, 1.82) is 0 Å². The van der Waals surface area contributed by atoms with Crippen LogP contribution in [0.2, 0.25) is 0 Å². The van der Waals surface area contributed by atoms with Gasteiger partial charge in [0.1, 0.15) is 11.7 Å². The van der Waals surface area contributed by atoms with Crippen LogP contribution in [0.3, 0.4) is 0 Å². The van der Waals surface area contributed by atoms with Gasteiger partial charge < -0.3 is 9.47 Å². The molecule has 0 spiro atoms. The second-order valence-corrected chi connectivity index (χ2v) is 6.72. The molecule has 5 heteroatoms. The van der Waals surface area contributed by atoms with Gasteiger partial charge in [-0.2, -0.15) is 0 Å². The molecule has 1 aliphatic carbocycles. The zero-order chi connectivity index (χ0) is 18.2. The maximum Gasteiger partial charge on any atom is 0.315 e. The van der Waals surface area contributed by atoms with Crippen LogP contribution < -0.4 is 4.74 Å². The van der Waals surface area contributed by atoms with Crippen LogP contribution in [0.5, 0.6) is 5.75 Å². The summed E-state index contributed by atoms with van der Waals surface area (Å²) in [4.78, 5) is 12.1. The molecule has 1 fully saturated rings. The van der Waals surface area contributed by atoms with Crippen LogP contribution in [-0.2, 0) is 9.53 Å². The molecule has 25 heavy (non-hydrogen) atoms. The standard InChI is InChI=1S/C20H28F2O3/c1-3-13-25-16-11-9-15(10-12-16)17(14-7-5-4-6-8-14)18(19(21)22)20(23)24-2/h9-12,14,17-19H,3-8,13H2,1-2H3. The monoisotopic (exact) mass is 354 g/mol. The van der Waals surface area contributed by atoms with Gasteiger partial charge in [-0.25, -0.2) is 8.78 Å². The summed E-state index contributed by atoms with van der Waals surface area (Å²) < 4.78 is 37.8. The topological polar surface area (TPSA) is 35.5 Å². The van der Waals surface area contributed by atoms with Crippen LogP contribution in [-0.4, -0.2) is 26.1 Å². The van der Waals surface area contributed by atoms with Gasteiger partial charge in [0.2, 0.25) is 0 Å². The lowest BCUT2D eigenvalue weighted by atomic mass is 9.71. The van der Waals surface area contributed by atoms with Gasteiger partial charge >= 0.3 is 5.97 Å². The number of methoxy groups -OCH3 is 1. The van der Waals surface area contributed by atoms with E-state index in [1.165, 1.54) is 7.11 Å². The lowest BCUT2D eigenvalue weighted by molar-refractivity contribution is -0.153. The van der Waals surface area contributed by atoms with Crippen molar-refractivity contribution in [1.82, 2.24) is 0 Å². The van der Waals surface area contributed by atoms with E-state index in [2.05, 4.69) is 0 Å². The summed E-state index contributed by atoms with van der Waals surface area (Å²) in [6.45, 7) is 2.64. The molecular weight excluding hydrogens is 326 g/mol. The molecular formula is C20H28F2O3. The van der Waals surface area contributed by atoms with E-state index in [9.17, 15) is 13.6 Å². The third-order valence-corrected chi connectivity index (χ3v) is 5.03. The molecule has 1 aliphatic rings. The largest absolute Gasteiger partial charge is 0.494 e. The van der Waals surface area contributed by atoms with Gasteiger partial charge in [-0.1, -0.05) is 38.3 Å². The second kappa shape index (κ2) is 9.73. The van der Waals surface area contributed by atoms with Crippen molar-refractivity contribution >= 4 is 5.97 Å².